The summed E-state index contributed by atoms with van der Waals surface area (Å²) in [5.74, 6) is 2.35. The molecule has 1 aromatic heterocycles. The van der Waals surface area contributed by atoms with Crippen LogP contribution in [0.25, 0.3) is 0 Å². The highest BCUT2D eigenvalue weighted by atomic mass is 16.3. The lowest BCUT2D eigenvalue weighted by Gasteiger charge is -2.34. The lowest BCUT2D eigenvalue weighted by atomic mass is 9.72. The molecule has 0 saturated carbocycles. The minimum Gasteiger partial charge on any atom is -0.466 e. The number of aryl methyl sites for hydroxylation is 2. The van der Waals surface area contributed by atoms with E-state index < -0.39 is 0 Å². The predicted molar refractivity (Wildman–Crippen MR) is 68.0 cm³/mol. The van der Waals surface area contributed by atoms with E-state index in [-0.39, 0.29) is 6.04 Å². The summed E-state index contributed by atoms with van der Waals surface area (Å²) in [6.07, 6.45) is 1.08. The summed E-state index contributed by atoms with van der Waals surface area (Å²) in [6, 6.07) is 10.7. The van der Waals surface area contributed by atoms with Gasteiger partial charge in [0.25, 0.3) is 0 Å². The summed E-state index contributed by atoms with van der Waals surface area (Å²) in [6.45, 7) is 3.96. The summed E-state index contributed by atoms with van der Waals surface area (Å²) in [4.78, 5) is 0. The zero-order chi connectivity index (χ0) is 12.0. The van der Waals surface area contributed by atoms with Crippen molar-refractivity contribution in [3.8, 4) is 0 Å². The third-order valence-electron chi connectivity index (χ3n) is 3.77. The van der Waals surface area contributed by atoms with Gasteiger partial charge in [0.05, 0.1) is 0 Å². The van der Waals surface area contributed by atoms with Gasteiger partial charge in [0.1, 0.15) is 11.5 Å². The van der Waals surface area contributed by atoms with E-state index in [1.807, 2.05) is 13.8 Å². The number of hydrogen-bond acceptors (Lipinski definition) is 2. The maximum Gasteiger partial charge on any atom is 0.105 e. The molecule has 0 bridgehead atoms. The average Bonchev–Trinajstić information content (AvgIpc) is 2.59. The first-order valence-corrected chi connectivity index (χ1v) is 6.07. The summed E-state index contributed by atoms with van der Waals surface area (Å²) in [5.41, 5.74) is 10.4. The first-order valence-electron chi connectivity index (χ1n) is 6.07. The van der Waals surface area contributed by atoms with E-state index in [1.165, 1.54) is 11.1 Å². The van der Waals surface area contributed by atoms with Crippen molar-refractivity contribution >= 4 is 0 Å². The van der Waals surface area contributed by atoms with Crippen molar-refractivity contribution in [3.05, 3.63) is 58.5 Å². The Morgan fingerprint density at radius 3 is 2.71 bits per heavy atom. The van der Waals surface area contributed by atoms with Crippen LogP contribution < -0.4 is 5.73 Å². The van der Waals surface area contributed by atoms with Crippen molar-refractivity contribution in [3.63, 3.8) is 0 Å². The summed E-state index contributed by atoms with van der Waals surface area (Å²) < 4.78 is 5.56. The van der Waals surface area contributed by atoms with Crippen LogP contribution in [0.5, 0.6) is 0 Å². The molecular weight excluding hydrogens is 210 g/mol. The second kappa shape index (κ2) is 3.74. The number of furan rings is 1. The largest absolute Gasteiger partial charge is 0.466 e. The first-order chi connectivity index (χ1) is 8.16. The van der Waals surface area contributed by atoms with Crippen molar-refractivity contribution in [2.75, 3.05) is 0 Å². The van der Waals surface area contributed by atoms with Gasteiger partial charge in [-0.2, -0.15) is 0 Å². The fourth-order valence-corrected chi connectivity index (χ4v) is 2.82. The van der Waals surface area contributed by atoms with Gasteiger partial charge in [0.15, 0.2) is 0 Å². The van der Waals surface area contributed by atoms with Gasteiger partial charge < -0.3 is 10.2 Å². The van der Waals surface area contributed by atoms with Crippen molar-refractivity contribution in [2.45, 2.75) is 32.2 Å². The Balaban J connectivity index is 1.91. The highest BCUT2D eigenvalue weighted by Crippen LogP contribution is 2.43. The molecule has 2 heteroatoms. The molecule has 2 nitrogen and oxygen atoms in total. The lowest BCUT2D eigenvalue weighted by Crippen LogP contribution is -2.29. The summed E-state index contributed by atoms with van der Waals surface area (Å²) in [5, 5.41) is 0. The topological polar surface area (TPSA) is 39.2 Å². The summed E-state index contributed by atoms with van der Waals surface area (Å²) >= 11 is 0. The Hall–Kier alpha value is -1.54. The van der Waals surface area contributed by atoms with E-state index in [0.29, 0.717) is 5.92 Å². The zero-order valence-electron chi connectivity index (χ0n) is 10.2. The van der Waals surface area contributed by atoms with E-state index in [9.17, 15) is 0 Å². The first kappa shape index (κ1) is 10.6. The quantitative estimate of drug-likeness (QED) is 0.855. The standard InChI is InChI=1S/C15H17NO/c1-9-7-13(10(2)17-9)15(16)14-8-11-5-3-4-6-12(11)14/h3-7,14-15H,8,16H2,1-2H3. The number of fused-ring (bicyclic) bond motifs is 1. The molecular formula is C15H17NO. The Morgan fingerprint density at radius 1 is 1.29 bits per heavy atom. The van der Waals surface area contributed by atoms with Crippen LogP contribution >= 0.6 is 0 Å². The molecule has 2 aromatic rings. The van der Waals surface area contributed by atoms with Crippen LogP contribution in [0.3, 0.4) is 0 Å². The van der Waals surface area contributed by atoms with Crippen LogP contribution in [0.1, 0.15) is 40.2 Å². The van der Waals surface area contributed by atoms with Crippen LogP contribution in [-0.4, -0.2) is 0 Å². The monoisotopic (exact) mass is 227 g/mol. The maximum absolute atomic E-state index is 6.37. The molecule has 1 aliphatic carbocycles. The molecule has 0 aliphatic heterocycles. The molecule has 0 radical (unpaired) electrons. The molecule has 1 heterocycles. The molecule has 0 fully saturated rings. The molecule has 1 aromatic carbocycles. The average molecular weight is 227 g/mol. The number of rotatable bonds is 2. The minimum absolute atomic E-state index is 0.0577. The molecule has 2 unspecified atom stereocenters. The van der Waals surface area contributed by atoms with Crippen LogP contribution in [0.15, 0.2) is 34.7 Å². The molecule has 88 valence electrons. The van der Waals surface area contributed by atoms with Gasteiger partial charge in [-0.25, -0.2) is 0 Å². The molecule has 1 aliphatic rings. The Morgan fingerprint density at radius 2 is 2.06 bits per heavy atom. The van der Waals surface area contributed by atoms with Gasteiger partial charge in [0, 0.05) is 17.5 Å². The Bertz CT molecular complexity index is 556. The van der Waals surface area contributed by atoms with Crippen molar-refractivity contribution in [2.24, 2.45) is 5.73 Å². The van der Waals surface area contributed by atoms with Gasteiger partial charge in [-0.1, -0.05) is 24.3 Å². The number of nitrogens with two attached hydrogens (primary N) is 1. The van der Waals surface area contributed by atoms with Crippen LogP contribution in [0, 0.1) is 13.8 Å². The van der Waals surface area contributed by atoms with E-state index in [1.54, 1.807) is 0 Å². The van der Waals surface area contributed by atoms with Crippen molar-refractivity contribution in [1.29, 1.82) is 0 Å². The SMILES string of the molecule is Cc1cc(C(N)C2Cc3ccccc32)c(C)o1. The molecule has 2 N–H and O–H groups in total. The normalized spacial score (nSPS) is 19.6. The zero-order valence-corrected chi connectivity index (χ0v) is 10.2. The predicted octanol–water partition coefficient (Wildman–Crippen LogP) is 3.24. The van der Waals surface area contributed by atoms with Gasteiger partial charge in [-0.05, 0) is 37.5 Å². The third-order valence-corrected chi connectivity index (χ3v) is 3.77. The maximum atomic E-state index is 6.37. The summed E-state index contributed by atoms with van der Waals surface area (Å²) in [7, 11) is 0. The van der Waals surface area contributed by atoms with Crippen LogP contribution in [0.4, 0.5) is 0 Å². The fourth-order valence-electron chi connectivity index (χ4n) is 2.82. The molecule has 0 amide bonds. The second-order valence-corrected chi connectivity index (χ2v) is 4.90. The van der Waals surface area contributed by atoms with E-state index in [2.05, 4.69) is 30.3 Å². The minimum atomic E-state index is 0.0577. The van der Waals surface area contributed by atoms with Gasteiger partial charge in [-0.15, -0.1) is 0 Å². The van der Waals surface area contributed by atoms with E-state index in [0.717, 1.165) is 23.5 Å². The Kier molecular flexibility index (Phi) is 2.33. The highest BCUT2D eigenvalue weighted by Gasteiger charge is 2.32. The molecule has 3 rings (SSSR count). The molecule has 0 spiro atoms. The number of hydrogen-bond donors (Lipinski definition) is 1. The molecule has 17 heavy (non-hydrogen) atoms. The van der Waals surface area contributed by atoms with Crippen molar-refractivity contribution in [1.82, 2.24) is 0 Å². The smallest absolute Gasteiger partial charge is 0.105 e. The van der Waals surface area contributed by atoms with Gasteiger partial charge in [0.2, 0.25) is 0 Å². The van der Waals surface area contributed by atoms with E-state index in [4.69, 9.17) is 10.2 Å². The van der Waals surface area contributed by atoms with Gasteiger partial charge >= 0.3 is 0 Å². The fraction of sp³-hybridized carbons (Fsp3) is 0.333. The van der Waals surface area contributed by atoms with Gasteiger partial charge in [-0.3, -0.25) is 0 Å². The Labute approximate surface area is 101 Å². The van der Waals surface area contributed by atoms with E-state index >= 15 is 0 Å². The van der Waals surface area contributed by atoms with Crippen LogP contribution in [0.2, 0.25) is 0 Å². The van der Waals surface area contributed by atoms with Crippen molar-refractivity contribution < 1.29 is 4.42 Å². The van der Waals surface area contributed by atoms with Crippen LogP contribution in [-0.2, 0) is 6.42 Å². The molecule has 2 atom stereocenters. The highest BCUT2D eigenvalue weighted by molar-refractivity contribution is 5.43. The number of benzene rings is 1. The lowest BCUT2D eigenvalue weighted by molar-refractivity contribution is 0.470. The third kappa shape index (κ3) is 1.60. The second-order valence-electron chi connectivity index (χ2n) is 4.90. The molecule has 0 saturated heterocycles.